The summed E-state index contributed by atoms with van der Waals surface area (Å²) in [6.07, 6.45) is 1.66. The molecule has 2 nitrogen and oxygen atoms in total. The second kappa shape index (κ2) is 5.81. The average molecular weight is 330 g/mol. The molecule has 0 fully saturated rings. The summed E-state index contributed by atoms with van der Waals surface area (Å²) in [5.74, 6) is 1.68. The van der Waals surface area contributed by atoms with E-state index in [0.29, 0.717) is 6.61 Å². The maximum Gasteiger partial charge on any atom is 0.120 e. The molecule has 0 amide bonds. The zero-order valence-electron chi connectivity index (χ0n) is 10.2. The molecule has 96 valence electrons. The van der Waals surface area contributed by atoms with E-state index in [0.717, 1.165) is 27.1 Å². The largest absolute Gasteiger partial charge is 0.494 e. The molecule has 0 aliphatic carbocycles. The van der Waals surface area contributed by atoms with Crippen LogP contribution in [0.1, 0.15) is 29.2 Å². The Kier molecular flexibility index (Phi) is 4.36. The Morgan fingerprint density at radius 2 is 2.11 bits per heavy atom. The summed E-state index contributed by atoms with van der Waals surface area (Å²) in [5.41, 5.74) is 1.99. The first-order chi connectivity index (χ1) is 8.63. The van der Waals surface area contributed by atoms with Gasteiger partial charge in [-0.05, 0) is 37.6 Å². The quantitative estimate of drug-likeness (QED) is 0.730. The molecule has 1 unspecified atom stereocenters. The Hall–Kier alpha value is -0.930. The third-order valence-corrected chi connectivity index (χ3v) is 3.88. The number of furan rings is 1. The van der Waals surface area contributed by atoms with Gasteiger partial charge in [-0.25, -0.2) is 0 Å². The number of alkyl halides is 1. The lowest BCUT2D eigenvalue weighted by Gasteiger charge is -2.12. The second-order valence-electron chi connectivity index (χ2n) is 3.91. The smallest absolute Gasteiger partial charge is 0.120 e. The van der Waals surface area contributed by atoms with E-state index in [4.69, 9.17) is 20.8 Å². The molecule has 0 aliphatic heterocycles. The molecule has 1 atom stereocenters. The number of aryl methyl sites for hydroxylation is 1. The lowest BCUT2D eigenvalue weighted by Crippen LogP contribution is -1.97. The van der Waals surface area contributed by atoms with Crippen LogP contribution in [0.3, 0.4) is 0 Å². The van der Waals surface area contributed by atoms with Crippen LogP contribution in [0.4, 0.5) is 0 Å². The fraction of sp³-hybridized carbons (Fsp3) is 0.286. The average Bonchev–Trinajstić information content (AvgIpc) is 2.75. The van der Waals surface area contributed by atoms with Gasteiger partial charge >= 0.3 is 0 Å². The summed E-state index contributed by atoms with van der Waals surface area (Å²) in [7, 11) is 0. The van der Waals surface area contributed by atoms with Gasteiger partial charge in [0.2, 0.25) is 0 Å². The topological polar surface area (TPSA) is 22.4 Å². The molecule has 0 spiro atoms. The molecule has 0 N–H and O–H groups in total. The molecule has 0 saturated heterocycles. The zero-order valence-corrected chi connectivity index (χ0v) is 12.6. The first-order valence-corrected chi connectivity index (χ1v) is 6.96. The van der Waals surface area contributed by atoms with Crippen molar-refractivity contribution >= 4 is 27.5 Å². The van der Waals surface area contributed by atoms with E-state index in [9.17, 15) is 0 Å². The fourth-order valence-electron chi connectivity index (χ4n) is 1.80. The number of benzene rings is 1. The Labute approximate surface area is 120 Å². The molecular weight excluding hydrogens is 316 g/mol. The van der Waals surface area contributed by atoms with Crippen LogP contribution in [0.25, 0.3) is 0 Å². The van der Waals surface area contributed by atoms with E-state index < -0.39 is 0 Å². The van der Waals surface area contributed by atoms with Crippen LogP contribution in [0.15, 0.2) is 39.4 Å². The number of halogens is 2. The first kappa shape index (κ1) is 13.5. The zero-order chi connectivity index (χ0) is 13.1. The minimum absolute atomic E-state index is 0.228. The Morgan fingerprint density at radius 3 is 2.67 bits per heavy atom. The van der Waals surface area contributed by atoms with Crippen LogP contribution in [-0.4, -0.2) is 6.61 Å². The highest BCUT2D eigenvalue weighted by molar-refractivity contribution is 9.10. The predicted molar refractivity (Wildman–Crippen MR) is 76.5 cm³/mol. The van der Waals surface area contributed by atoms with E-state index in [2.05, 4.69) is 15.9 Å². The van der Waals surface area contributed by atoms with Crippen LogP contribution >= 0.6 is 27.5 Å². The van der Waals surface area contributed by atoms with E-state index in [-0.39, 0.29) is 5.38 Å². The molecule has 1 aromatic carbocycles. The number of hydrogen-bond donors (Lipinski definition) is 0. The van der Waals surface area contributed by atoms with Crippen molar-refractivity contribution in [3.8, 4) is 5.75 Å². The molecule has 0 saturated carbocycles. The van der Waals surface area contributed by atoms with Crippen molar-refractivity contribution in [3.05, 3.63) is 51.9 Å². The van der Waals surface area contributed by atoms with Gasteiger partial charge in [0.15, 0.2) is 0 Å². The molecule has 18 heavy (non-hydrogen) atoms. The van der Waals surface area contributed by atoms with Gasteiger partial charge in [-0.1, -0.05) is 22.0 Å². The van der Waals surface area contributed by atoms with Crippen molar-refractivity contribution in [2.45, 2.75) is 19.2 Å². The SMILES string of the molecule is CCOc1ccc(C(Cl)c2ccoc2C)c(Br)c1. The summed E-state index contributed by atoms with van der Waals surface area (Å²) in [6, 6.07) is 7.73. The predicted octanol–water partition coefficient (Wildman–Crippen LogP) is 5.08. The van der Waals surface area contributed by atoms with E-state index in [1.807, 2.05) is 38.1 Å². The van der Waals surface area contributed by atoms with Crippen molar-refractivity contribution in [2.24, 2.45) is 0 Å². The van der Waals surface area contributed by atoms with Gasteiger partial charge in [-0.2, -0.15) is 0 Å². The maximum atomic E-state index is 6.48. The molecule has 1 aromatic heterocycles. The maximum absolute atomic E-state index is 6.48. The first-order valence-electron chi connectivity index (χ1n) is 5.73. The molecule has 0 radical (unpaired) electrons. The summed E-state index contributed by atoms with van der Waals surface area (Å²) < 4.78 is 11.7. The van der Waals surface area contributed by atoms with Gasteiger partial charge < -0.3 is 9.15 Å². The number of ether oxygens (including phenoxy) is 1. The van der Waals surface area contributed by atoms with Gasteiger partial charge in [0.1, 0.15) is 11.5 Å². The summed E-state index contributed by atoms with van der Waals surface area (Å²) in [6.45, 7) is 4.52. The lowest BCUT2D eigenvalue weighted by molar-refractivity contribution is 0.340. The Morgan fingerprint density at radius 1 is 1.33 bits per heavy atom. The van der Waals surface area contributed by atoms with Crippen molar-refractivity contribution in [2.75, 3.05) is 6.61 Å². The Bertz CT molecular complexity index is 536. The third kappa shape index (κ3) is 2.73. The molecule has 4 heteroatoms. The van der Waals surface area contributed by atoms with Gasteiger partial charge in [0, 0.05) is 10.0 Å². The van der Waals surface area contributed by atoms with Crippen molar-refractivity contribution in [3.63, 3.8) is 0 Å². The summed E-state index contributed by atoms with van der Waals surface area (Å²) in [4.78, 5) is 0. The van der Waals surface area contributed by atoms with Crippen LogP contribution in [-0.2, 0) is 0 Å². The molecule has 0 bridgehead atoms. The van der Waals surface area contributed by atoms with Crippen LogP contribution in [0, 0.1) is 6.92 Å². The number of hydrogen-bond acceptors (Lipinski definition) is 2. The van der Waals surface area contributed by atoms with Crippen molar-refractivity contribution in [1.82, 2.24) is 0 Å². The summed E-state index contributed by atoms with van der Waals surface area (Å²) >= 11 is 10.0. The van der Waals surface area contributed by atoms with Gasteiger partial charge in [0.05, 0.1) is 18.2 Å². The minimum Gasteiger partial charge on any atom is -0.494 e. The fourth-order valence-corrected chi connectivity index (χ4v) is 2.93. The normalized spacial score (nSPS) is 12.4. The monoisotopic (exact) mass is 328 g/mol. The highest BCUT2D eigenvalue weighted by atomic mass is 79.9. The lowest BCUT2D eigenvalue weighted by atomic mass is 10.1. The molecular formula is C14H14BrClO2. The Balaban J connectivity index is 2.31. The van der Waals surface area contributed by atoms with E-state index in [1.165, 1.54) is 0 Å². The van der Waals surface area contributed by atoms with Crippen LogP contribution in [0.2, 0.25) is 0 Å². The molecule has 0 aliphatic rings. The van der Waals surface area contributed by atoms with Gasteiger partial charge in [-0.15, -0.1) is 11.6 Å². The standard InChI is InChI=1S/C14H14BrClO2/c1-3-17-10-4-5-12(13(15)8-10)14(16)11-6-7-18-9(11)2/h4-8,14H,3H2,1-2H3. The number of rotatable bonds is 4. The van der Waals surface area contributed by atoms with Crippen molar-refractivity contribution < 1.29 is 9.15 Å². The van der Waals surface area contributed by atoms with Gasteiger partial charge in [-0.3, -0.25) is 0 Å². The van der Waals surface area contributed by atoms with E-state index in [1.54, 1.807) is 6.26 Å². The molecule has 1 heterocycles. The van der Waals surface area contributed by atoms with E-state index >= 15 is 0 Å². The molecule has 2 aromatic rings. The third-order valence-electron chi connectivity index (χ3n) is 2.73. The minimum atomic E-state index is -0.228. The molecule has 2 rings (SSSR count). The van der Waals surface area contributed by atoms with Gasteiger partial charge in [0.25, 0.3) is 0 Å². The highest BCUT2D eigenvalue weighted by Crippen LogP contribution is 2.37. The van der Waals surface area contributed by atoms with Crippen LogP contribution < -0.4 is 4.74 Å². The second-order valence-corrected chi connectivity index (χ2v) is 5.20. The summed E-state index contributed by atoms with van der Waals surface area (Å²) in [5, 5.41) is -0.228. The van der Waals surface area contributed by atoms with Crippen LogP contribution in [0.5, 0.6) is 5.75 Å². The highest BCUT2D eigenvalue weighted by Gasteiger charge is 2.18. The van der Waals surface area contributed by atoms with Crippen molar-refractivity contribution in [1.29, 1.82) is 0 Å².